The molecular formula is C20H24N2O4. The van der Waals surface area contributed by atoms with E-state index < -0.39 is 12.0 Å². The molecule has 0 saturated heterocycles. The second-order valence-corrected chi connectivity index (χ2v) is 6.12. The van der Waals surface area contributed by atoms with Gasteiger partial charge >= 0.3 is 0 Å². The van der Waals surface area contributed by atoms with Gasteiger partial charge in [-0.25, -0.2) is 0 Å². The number of hydrogen-bond donors (Lipinski definition) is 3. The van der Waals surface area contributed by atoms with E-state index in [4.69, 9.17) is 4.74 Å². The van der Waals surface area contributed by atoms with E-state index in [9.17, 15) is 14.7 Å². The normalized spacial score (nSPS) is 11.5. The molecule has 0 heterocycles. The van der Waals surface area contributed by atoms with E-state index in [1.54, 1.807) is 37.3 Å². The predicted molar refractivity (Wildman–Crippen MR) is 98.7 cm³/mol. The van der Waals surface area contributed by atoms with E-state index in [1.807, 2.05) is 26.0 Å². The lowest BCUT2D eigenvalue weighted by atomic mass is 10.1. The van der Waals surface area contributed by atoms with Crippen LogP contribution < -0.4 is 15.6 Å². The minimum Gasteiger partial charge on any atom is -0.508 e. The van der Waals surface area contributed by atoms with E-state index in [0.717, 1.165) is 11.1 Å². The third kappa shape index (κ3) is 5.24. The van der Waals surface area contributed by atoms with E-state index >= 15 is 0 Å². The van der Waals surface area contributed by atoms with Crippen molar-refractivity contribution in [1.29, 1.82) is 0 Å². The van der Waals surface area contributed by atoms with Crippen LogP contribution >= 0.6 is 0 Å². The molecule has 1 unspecified atom stereocenters. The van der Waals surface area contributed by atoms with Crippen LogP contribution in [0.5, 0.6) is 11.5 Å². The zero-order valence-corrected chi connectivity index (χ0v) is 15.2. The fourth-order valence-electron chi connectivity index (χ4n) is 2.36. The fraction of sp³-hybridized carbons (Fsp3) is 0.300. The van der Waals surface area contributed by atoms with Crippen LogP contribution in [-0.2, 0) is 16.0 Å². The minimum absolute atomic E-state index is 0.143. The molecule has 0 spiro atoms. The molecule has 0 fully saturated rings. The number of hydrogen-bond acceptors (Lipinski definition) is 4. The molecule has 0 aliphatic heterocycles. The summed E-state index contributed by atoms with van der Waals surface area (Å²) < 4.78 is 5.67. The Labute approximate surface area is 153 Å². The molecule has 0 aliphatic rings. The van der Waals surface area contributed by atoms with Gasteiger partial charge in [0.1, 0.15) is 11.5 Å². The largest absolute Gasteiger partial charge is 0.508 e. The lowest BCUT2D eigenvalue weighted by Gasteiger charge is -2.17. The Hall–Kier alpha value is -3.02. The fourth-order valence-corrected chi connectivity index (χ4v) is 2.36. The highest BCUT2D eigenvalue weighted by molar-refractivity contribution is 5.84. The van der Waals surface area contributed by atoms with Crippen LogP contribution in [0.3, 0.4) is 0 Å². The number of ether oxygens (including phenoxy) is 1. The smallest absolute Gasteiger partial charge is 0.279 e. The van der Waals surface area contributed by atoms with Gasteiger partial charge in [-0.2, -0.15) is 0 Å². The Morgan fingerprint density at radius 1 is 1.08 bits per heavy atom. The number of phenols is 1. The number of carbonyl (C=O) groups is 2. The Kier molecular flexibility index (Phi) is 6.60. The number of nitrogens with one attached hydrogen (secondary N) is 2. The zero-order chi connectivity index (χ0) is 19.1. The second-order valence-electron chi connectivity index (χ2n) is 6.12. The first kappa shape index (κ1) is 19.3. The monoisotopic (exact) mass is 356 g/mol. The molecule has 0 radical (unpaired) electrons. The van der Waals surface area contributed by atoms with Crippen molar-refractivity contribution in [2.45, 2.75) is 39.7 Å². The highest BCUT2D eigenvalue weighted by atomic mass is 16.5. The summed E-state index contributed by atoms with van der Waals surface area (Å²) in [6.45, 7) is 5.51. The van der Waals surface area contributed by atoms with Gasteiger partial charge in [-0.1, -0.05) is 30.3 Å². The van der Waals surface area contributed by atoms with Gasteiger partial charge in [0, 0.05) is 6.42 Å². The summed E-state index contributed by atoms with van der Waals surface area (Å²) in [5.41, 5.74) is 7.45. The number of phenolic OH excluding ortho intramolecular Hbond substituents is 1. The Bertz CT molecular complexity index is 789. The summed E-state index contributed by atoms with van der Waals surface area (Å²) in [6, 6.07) is 12.5. The van der Waals surface area contributed by atoms with Gasteiger partial charge in [-0.05, 0) is 56.0 Å². The lowest BCUT2D eigenvalue weighted by Crippen LogP contribution is -2.47. The maximum atomic E-state index is 12.1. The molecule has 0 saturated carbocycles. The van der Waals surface area contributed by atoms with E-state index in [2.05, 4.69) is 10.9 Å². The molecule has 6 nitrogen and oxygen atoms in total. The highest BCUT2D eigenvalue weighted by Gasteiger charge is 2.16. The molecule has 3 N–H and O–H groups in total. The molecule has 2 aromatic carbocycles. The summed E-state index contributed by atoms with van der Waals surface area (Å²) in [5, 5.41) is 9.68. The zero-order valence-electron chi connectivity index (χ0n) is 15.2. The first-order valence-corrected chi connectivity index (χ1v) is 8.47. The van der Waals surface area contributed by atoms with Gasteiger partial charge in [-0.15, -0.1) is 0 Å². The topological polar surface area (TPSA) is 87.7 Å². The summed E-state index contributed by atoms with van der Waals surface area (Å²) in [7, 11) is 0. The summed E-state index contributed by atoms with van der Waals surface area (Å²) in [5.74, 6) is 0.000708. The van der Waals surface area contributed by atoms with Gasteiger partial charge in [0.2, 0.25) is 5.91 Å². The third-order valence-electron chi connectivity index (χ3n) is 4.17. The SMILES string of the molecule is Cc1cccc(OC(C)C(=O)NNC(=O)CCc2ccccc2O)c1C. The van der Waals surface area contributed by atoms with Crippen LogP contribution in [0.2, 0.25) is 0 Å². The third-order valence-corrected chi connectivity index (χ3v) is 4.17. The molecular weight excluding hydrogens is 332 g/mol. The number of aromatic hydroxyl groups is 1. The van der Waals surface area contributed by atoms with Crippen LogP contribution in [-0.4, -0.2) is 23.0 Å². The van der Waals surface area contributed by atoms with Gasteiger partial charge < -0.3 is 9.84 Å². The van der Waals surface area contributed by atoms with Crippen LogP contribution in [0.4, 0.5) is 0 Å². The van der Waals surface area contributed by atoms with Crippen LogP contribution in [0.15, 0.2) is 42.5 Å². The van der Waals surface area contributed by atoms with Crippen molar-refractivity contribution >= 4 is 11.8 Å². The molecule has 0 bridgehead atoms. The van der Waals surface area contributed by atoms with Crippen molar-refractivity contribution in [2.75, 3.05) is 0 Å². The quantitative estimate of drug-likeness (QED) is 0.694. The van der Waals surface area contributed by atoms with Gasteiger partial charge in [-0.3, -0.25) is 20.4 Å². The number of para-hydroxylation sites is 1. The number of rotatable bonds is 6. The average Bonchev–Trinajstić information content (AvgIpc) is 2.62. The number of benzene rings is 2. The van der Waals surface area contributed by atoms with Gasteiger partial charge in [0.25, 0.3) is 5.91 Å². The van der Waals surface area contributed by atoms with Crippen LogP contribution in [0.25, 0.3) is 0 Å². The summed E-state index contributed by atoms with van der Waals surface area (Å²) in [6.07, 6.45) is -0.235. The van der Waals surface area contributed by atoms with Gasteiger partial charge in [0.05, 0.1) is 0 Å². The number of aryl methyl sites for hydroxylation is 2. The van der Waals surface area contributed by atoms with Crippen molar-refractivity contribution in [3.05, 3.63) is 59.2 Å². The van der Waals surface area contributed by atoms with E-state index in [1.165, 1.54) is 0 Å². The van der Waals surface area contributed by atoms with Crippen LogP contribution in [0, 0.1) is 13.8 Å². The van der Waals surface area contributed by atoms with E-state index in [0.29, 0.717) is 17.7 Å². The average molecular weight is 356 g/mol. The number of hydrazine groups is 1. The predicted octanol–water partition coefficient (Wildman–Crippen LogP) is 2.56. The number of amides is 2. The van der Waals surface area contributed by atoms with Crippen molar-refractivity contribution in [1.82, 2.24) is 10.9 Å². The first-order chi connectivity index (χ1) is 12.4. The van der Waals surface area contributed by atoms with Crippen molar-refractivity contribution < 1.29 is 19.4 Å². The molecule has 2 aromatic rings. The maximum Gasteiger partial charge on any atom is 0.279 e. The van der Waals surface area contributed by atoms with E-state index in [-0.39, 0.29) is 18.1 Å². The Morgan fingerprint density at radius 3 is 2.54 bits per heavy atom. The van der Waals surface area contributed by atoms with Crippen molar-refractivity contribution in [2.24, 2.45) is 0 Å². The first-order valence-electron chi connectivity index (χ1n) is 8.47. The minimum atomic E-state index is -0.756. The molecule has 2 amide bonds. The molecule has 26 heavy (non-hydrogen) atoms. The molecule has 2 rings (SSSR count). The molecule has 1 atom stereocenters. The molecule has 6 heteroatoms. The Morgan fingerprint density at radius 2 is 1.81 bits per heavy atom. The number of carbonyl (C=O) groups excluding carboxylic acids is 2. The van der Waals surface area contributed by atoms with Crippen molar-refractivity contribution in [3.63, 3.8) is 0 Å². The van der Waals surface area contributed by atoms with Gasteiger partial charge in [0.15, 0.2) is 6.10 Å². The Balaban J connectivity index is 1.79. The summed E-state index contributed by atoms with van der Waals surface area (Å²) >= 11 is 0. The van der Waals surface area contributed by atoms with Crippen molar-refractivity contribution in [3.8, 4) is 11.5 Å². The highest BCUT2D eigenvalue weighted by Crippen LogP contribution is 2.21. The molecule has 0 aliphatic carbocycles. The van der Waals surface area contributed by atoms with Crippen LogP contribution in [0.1, 0.15) is 30.0 Å². The summed E-state index contributed by atoms with van der Waals surface area (Å²) in [4.78, 5) is 23.9. The second kappa shape index (κ2) is 8.89. The maximum absolute atomic E-state index is 12.1. The molecule has 0 aromatic heterocycles. The standard InChI is InChI=1S/C20H24N2O4/c1-13-7-6-10-18(14(13)2)26-15(3)20(25)22-21-19(24)12-11-16-8-4-5-9-17(16)23/h4-10,15,23H,11-12H2,1-3H3,(H,21,24)(H,22,25). The molecule has 138 valence electrons. The lowest BCUT2D eigenvalue weighted by molar-refractivity contribution is -0.132.